The van der Waals surface area contributed by atoms with Gasteiger partial charge in [0, 0.05) is 5.41 Å². The first-order valence-electron chi connectivity index (χ1n) is 10.2. The molecule has 0 bridgehead atoms. The summed E-state index contributed by atoms with van der Waals surface area (Å²) in [5.41, 5.74) is 1.73. The van der Waals surface area contributed by atoms with Gasteiger partial charge >= 0.3 is 0 Å². The molecule has 2 heteroatoms. The zero-order chi connectivity index (χ0) is 18.4. The van der Waals surface area contributed by atoms with E-state index in [9.17, 15) is 8.78 Å². The lowest BCUT2D eigenvalue weighted by molar-refractivity contribution is 0.249. The Hall–Kier alpha value is -1.70. The van der Waals surface area contributed by atoms with Gasteiger partial charge in [-0.3, -0.25) is 0 Å². The third kappa shape index (κ3) is 4.34. The maximum absolute atomic E-state index is 13.9. The molecule has 0 aliphatic heterocycles. The van der Waals surface area contributed by atoms with Crippen LogP contribution in [0.15, 0.2) is 48.5 Å². The van der Waals surface area contributed by atoms with Crippen LogP contribution in [0.2, 0.25) is 0 Å². The SMILES string of the molecule is CCCCCCC1CCC(c2cccc(F)c2)(c2cccc(F)c2)CC1. The predicted molar refractivity (Wildman–Crippen MR) is 104 cm³/mol. The summed E-state index contributed by atoms with van der Waals surface area (Å²) in [5.74, 6) is 0.335. The summed E-state index contributed by atoms with van der Waals surface area (Å²) >= 11 is 0. The van der Waals surface area contributed by atoms with Crippen LogP contribution in [-0.4, -0.2) is 0 Å². The van der Waals surface area contributed by atoms with Gasteiger partial charge in [0.1, 0.15) is 11.6 Å². The monoisotopic (exact) mass is 356 g/mol. The van der Waals surface area contributed by atoms with Gasteiger partial charge in [-0.25, -0.2) is 8.78 Å². The number of rotatable bonds is 7. The van der Waals surface area contributed by atoms with Gasteiger partial charge in [0.25, 0.3) is 0 Å². The second-order valence-corrected chi connectivity index (χ2v) is 7.90. The Morgan fingerprint density at radius 1 is 0.846 bits per heavy atom. The molecule has 0 radical (unpaired) electrons. The Labute approximate surface area is 156 Å². The molecule has 2 aromatic carbocycles. The van der Waals surface area contributed by atoms with Gasteiger partial charge in [-0.05, 0) is 67.0 Å². The van der Waals surface area contributed by atoms with Crippen molar-refractivity contribution in [2.75, 3.05) is 0 Å². The van der Waals surface area contributed by atoms with Crippen LogP contribution >= 0.6 is 0 Å². The highest BCUT2D eigenvalue weighted by molar-refractivity contribution is 5.40. The molecule has 140 valence electrons. The zero-order valence-electron chi connectivity index (χ0n) is 15.8. The van der Waals surface area contributed by atoms with Crippen LogP contribution in [0.5, 0.6) is 0 Å². The number of hydrogen-bond donors (Lipinski definition) is 0. The van der Waals surface area contributed by atoms with E-state index in [1.165, 1.54) is 44.2 Å². The molecule has 3 rings (SSSR count). The van der Waals surface area contributed by atoms with E-state index >= 15 is 0 Å². The molecule has 1 fully saturated rings. The normalized spacial score (nSPS) is 17.3. The van der Waals surface area contributed by atoms with Crippen molar-refractivity contribution in [2.45, 2.75) is 70.1 Å². The van der Waals surface area contributed by atoms with Crippen LogP contribution in [0, 0.1) is 17.6 Å². The highest BCUT2D eigenvalue weighted by atomic mass is 19.1. The Balaban J connectivity index is 1.81. The van der Waals surface area contributed by atoms with Crippen LogP contribution in [0.4, 0.5) is 8.78 Å². The van der Waals surface area contributed by atoms with Gasteiger partial charge in [0.15, 0.2) is 0 Å². The molecule has 2 aromatic rings. The first-order chi connectivity index (χ1) is 12.6. The summed E-state index contributed by atoms with van der Waals surface area (Å²) in [6.45, 7) is 2.24. The van der Waals surface area contributed by atoms with Crippen molar-refractivity contribution in [3.63, 3.8) is 0 Å². The molecular weight excluding hydrogens is 326 g/mol. The lowest BCUT2D eigenvalue weighted by atomic mass is 9.62. The topological polar surface area (TPSA) is 0 Å². The fourth-order valence-corrected chi connectivity index (χ4v) is 4.64. The summed E-state index contributed by atoms with van der Waals surface area (Å²) in [4.78, 5) is 0. The first-order valence-corrected chi connectivity index (χ1v) is 10.2. The van der Waals surface area contributed by atoms with Crippen LogP contribution < -0.4 is 0 Å². The highest BCUT2D eigenvalue weighted by Crippen LogP contribution is 2.47. The van der Waals surface area contributed by atoms with E-state index in [0.29, 0.717) is 0 Å². The van der Waals surface area contributed by atoms with Crippen LogP contribution in [0.3, 0.4) is 0 Å². The largest absolute Gasteiger partial charge is 0.207 e. The smallest absolute Gasteiger partial charge is 0.123 e. The number of benzene rings is 2. The Morgan fingerprint density at radius 2 is 1.42 bits per heavy atom. The third-order valence-electron chi connectivity index (χ3n) is 6.18. The van der Waals surface area contributed by atoms with Gasteiger partial charge in [-0.1, -0.05) is 63.3 Å². The van der Waals surface area contributed by atoms with E-state index in [1.807, 2.05) is 12.1 Å². The van der Waals surface area contributed by atoms with E-state index in [0.717, 1.165) is 42.7 Å². The summed E-state index contributed by atoms with van der Waals surface area (Å²) < 4.78 is 27.9. The molecule has 0 unspecified atom stereocenters. The van der Waals surface area contributed by atoms with Crippen LogP contribution in [0.1, 0.15) is 75.8 Å². The van der Waals surface area contributed by atoms with E-state index in [2.05, 4.69) is 6.92 Å². The maximum Gasteiger partial charge on any atom is 0.123 e. The summed E-state index contributed by atoms with van der Waals surface area (Å²) in [6, 6.07) is 13.8. The minimum atomic E-state index is -0.260. The van der Waals surface area contributed by atoms with Gasteiger partial charge in [0.05, 0.1) is 0 Å². The van der Waals surface area contributed by atoms with E-state index in [4.69, 9.17) is 0 Å². The Bertz CT molecular complexity index is 651. The van der Waals surface area contributed by atoms with Crippen molar-refractivity contribution in [1.82, 2.24) is 0 Å². The number of hydrogen-bond acceptors (Lipinski definition) is 0. The molecule has 0 N–H and O–H groups in total. The van der Waals surface area contributed by atoms with Crippen LogP contribution in [0.25, 0.3) is 0 Å². The average Bonchev–Trinajstić information content (AvgIpc) is 2.66. The highest BCUT2D eigenvalue weighted by Gasteiger charge is 2.38. The fraction of sp³-hybridized carbons (Fsp3) is 0.500. The van der Waals surface area contributed by atoms with Crippen molar-refractivity contribution in [3.8, 4) is 0 Å². The van der Waals surface area contributed by atoms with Crippen molar-refractivity contribution >= 4 is 0 Å². The molecule has 0 atom stereocenters. The van der Waals surface area contributed by atoms with Gasteiger partial charge in [-0.15, -0.1) is 0 Å². The molecule has 0 aromatic heterocycles. The maximum atomic E-state index is 13.9. The first kappa shape index (κ1) is 19.1. The lowest BCUT2D eigenvalue weighted by Gasteiger charge is -2.41. The number of unbranched alkanes of at least 4 members (excludes halogenated alkanes) is 3. The number of halogens is 2. The Kier molecular flexibility index (Phi) is 6.45. The van der Waals surface area contributed by atoms with Gasteiger partial charge in [0.2, 0.25) is 0 Å². The zero-order valence-corrected chi connectivity index (χ0v) is 15.8. The molecule has 1 aliphatic carbocycles. The molecule has 1 saturated carbocycles. The molecule has 0 spiro atoms. The molecular formula is C24H30F2. The summed E-state index contributed by atoms with van der Waals surface area (Å²) in [5, 5.41) is 0. The van der Waals surface area contributed by atoms with Gasteiger partial charge in [-0.2, -0.15) is 0 Å². The molecule has 26 heavy (non-hydrogen) atoms. The molecule has 1 aliphatic rings. The second-order valence-electron chi connectivity index (χ2n) is 7.90. The molecule has 0 nitrogen and oxygen atoms in total. The minimum Gasteiger partial charge on any atom is -0.207 e. The third-order valence-corrected chi connectivity index (χ3v) is 6.18. The summed E-state index contributed by atoms with van der Waals surface area (Å²) in [6.07, 6.45) is 10.7. The van der Waals surface area contributed by atoms with Crippen molar-refractivity contribution in [2.24, 2.45) is 5.92 Å². The van der Waals surface area contributed by atoms with E-state index < -0.39 is 0 Å². The van der Waals surface area contributed by atoms with Crippen molar-refractivity contribution in [1.29, 1.82) is 0 Å². The predicted octanol–water partition coefficient (Wildman–Crippen LogP) is 7.41. The van der Waals surface area contributed by atoms with Crippen molar-refractivity contribution < 1.29 is 8.78 Å². The van der Waals surface area contributed by atoms with E-state index in [-0.39, 0.29) is 17.0 Å². The standard InChI is InChI=1S/C24H30F2/c1-2-3-4-5-8-19-13-15-24(16-14-19,20-9-6-11-22(25)17-20)21-10-7-12-23(26)18-21/h6-7,9-12,17-19H,2-5,8,13-16H2,1H3. The quantitative estimate of drug-likeness (QED) is 0.453. The van der Waals surface area contributed by atoms with Gasteiger partial charge < -0.3 is 0 Å². The molecule has 0 amide bonds. The Morgan fingerprint density at radius 3 is 1.92 bits per heavy atom. The second kappa shape index (κ2) is 8.79. The molecule has 0 heterocycles. The fourth-order valence-electron chi connectivity index (χ4n) is 4.64. The van der Waals surface area contributed by atoms with Crippen molar-refractivity contribution in [3.05, 3.63) is 71.3 Å². The average molecular weight is 357 g/mol. The van der Waals surface area contributed by atoms with E-state index in [1.54, 1.807) is 24.3 Å². The minimum absolute atomic E-state index is 0.208. The van der Waals surface area contributed by atoms with Crippen LogP contribution in [-0.2, 0) is 5.41 Å². The summed E-state index contributed by atoms with van der Waals surface area (Å²) in [7, 11) is 0. The molecule has 0 saturated heterocycles. The lowest BCUT2D eigenvalue weighted by Crippen LogP contribution is -2.33.